The Kier molecular flexibility index (Phi) is 12.0. The Morgan fingerprint density at radius 2 is 0.917 bits per heavy atom. The van der Waals surface area contributed by atoms with E-state index in [1.807, 2.05) is 12.1 Å². The van der Waals surface area contributed by atoms with E-state index in [0.717, 1.165) is 48.2 Å². The highest BCUT2D eigenvalue weighted by molar-refractivity contribution is 14.1. The second-order valence-corrected chi connectivity index (χ2v) is 18.2. The topological polar surface area (TPSA) is 116 Å². The molecule has 3 saturated heterocycles. The Morgan fingerprint density at radius 1 is 0.562 bits per heavy atom. The summed E-state index contributed by atoms with van der Waals surface area (Å²) in [6, 6.07) is 17.0. The summed E-state index contributed by atoms with van der Waals surface area (Å²) < 4.78 is 38.7. The fraction of sp³-hybridized carbons (Fsp3) is 0.486. The number of benzene rings is 3. The van der Waals surface area contributed by atoms with Crippen LogP contribution in [0.3, 0.4) is 0 Å². The van der Waals surface area contributed by atoms with Gasteiger partial charge in [0, 0.05) is 5.41 Å². The minimum atomic E-state index is -0.578. The summed E-state index contributed by atoms with van der Waals surface area (Å²) >= 11 is 9.34. The SMILES string of the molecule is CC(c1ccc(OCC2(CO)COC2)c(I)c1)(c1ccc(OCC2(CO)COC2)c(I)c1)c1cc(I)c(OCC2(CO)COC2)c(I)c1. The van der Waals surface area contributed by atoms with E-state index in [2.05, 4.69) is 134 Å². The lowest BCUT2D eigenvalue weighted by atomic mass is 9.71. The first kappa shape index (κ1) is 37.5. The molecule has 0 unspecified atom stereocenters. The van der Waals surface area contributed by atoms with Crippen molar-refractivity contribution >= 4 is 90.4 Å². The molecule has 3 heterocycles. The van der Waals surface area contributed by atoms with Crippen molar-refractivity contribution in [3.05, 3.63) is 79.5 Å². The molecule has 260 valence electrons. The third-order valence-corrected chi connectivity index (χ3v) is 12.9. The molecule has 48 heavy (non-hydrogen) atoms. The van der Waals surface area contributed by atoms with E-state index in [9.17, 15) is 15.3 Å². The van der Waals surface area contributed by atoms with E-state index in [1.165, 1.54) is 0 Å². The molecule has 0 radical (unpaired) electrons. The van der Waals surface area contributed by atoms with Crippen LogP contribution in [0.2, 0.25) is 0 Å². The van der Waals surface area contributed by atoms with Gasteiger partial charge in [-0.15, -0.1) is 0 Å². The Balaban J connectivity index is 1.34. The Bertz CT molecular complexity index is 1510. The van der Waals surface area contributed by atoms with Crippen LogP contribution in [0.4, 0.5) is 0 Å². The van der Waals surface area contributed by atoms with Gasteiger partial charge in [-0.1, -0.05) is 12.1 Å². The maximum absolute atomic E-state index is 9.93. The molecule has 0 amide bonds. The zero-order valence-electron chi connectivity index (χ0n) is 26.4. The highest BCUT2D eigenvalue weighted by Crippen LogP contribution is 2.45. The van der Waals surface area contributed by atoms with E-state index in [-0.39, 0.29) is 36.1 Å². The molecule has 3 aromatic rings. The van der Waals surface area contributed by atoms with Crippen molar-refractivity contribution in [1.29, 1.82) is 0 Å². The van der Waals surface area contributed by atoms with Gasteiger partial charge in [0.1, 0.15) is 37.1 Å². The van der Waals surface area contributed by atoms with Crippen LogP contribution in [0.15, 0.2) is 48.5 Å². The second kappa shape index (κ2) is 15.4. The van der Waals surface area contributed by atoms with Crippen molar-refractivity contribution in [2.75, 3.05) is 79.3 Å². The Hall–Kier alpha value is -0.260. The molecule has 0 bridgehead atoms. The van der Waals surface area contributed by atoms with Gasteiger partial charge in [-0.2, -0.15) is 0 Å². The fourth-order valence-electron chi connectivity index (χ4n) is 5.86. The molecule has 3 aliphatic heterocycles. The average molecular weight is 1110 g/mol. The summed E-state index contributed by atoms with van der Waals surface area (Å²) in [4.78, 5) is 0. The van der Waals surface area contributed by atoms with Crippen molar-refractivity contribution in [3.63, 3.8) is 0 Å². The largest absolute Gasteiger partial charge is 0.492 e. The van der Waals surface area contributed by atoms with Crippen molar-refractivity contribution in [3.8, 4) is 17.2 Å². The van der Waals surface area contributed by atoms with Gasteiger partial charge in [-0.25, -0.2) is 0 Å². The zero-order chi connectivity index (χ0) is 34.2. The molecule has 3 N–H and O–H groups in total. The molecule has 6 rings (SSSR count). The quantitative estimate of drug-likeness (QED) is 0.132. The van der Waals surface area contributed by atoms with E-state index >= 15 is 0 Å². The minimum Gasteiger partial charge on any atom is -0.492 e. The molecule has 0 saturated carbocycles. The number of rotatable bonds is 15. The average Bonchev–Trinajstić information content (AvgIpc) is 3.01. The first-order valence-corrected chi connectivity index (χ1v) is 19.9. The third-order valence-electron chi connectivity index (χ3n) is 9.64. The van der Waals surface area contributed by atoms with Crippen LogP contribution in [0, 0.1) is 30.5 Å². The lowest BCUT2D eigenvalue weighted by Gasteiger charge is -2.39. The van der Waals surface area contributed by atoms with Gasteiger partial charge in [-0.05, 0) is 150 Å². The smallest absolute Gasteiger partial charge is 0.145 e. The molecular formula is C35H38I4O9. The Labute approximate surface area is 335 Å². The molecule has 3 fully saturated rings. The van der Waals surface area contributed by atoms with Crippen LogP contribution in [-0.4, -0.2) is 94.6 Å². The maximum Gasteiger partial charge on any atom is 0.145 e. The third kappa shape index (κ3) is 7.47. The molecule has 0 aliphatic carbocycles. The second-order valence-electron chi connectivity index (χ2n) is 13.5. The number of hydrogen-bond acceptors (Lipinski definition) is 9. The summed E-state index contributed by atoms with van der Waals surface area (Å²) in [5, 5.41) is 29.7. The molecule has 9 nitrogen and oxygen atoms in total. The van der Waals surface area contributed by atoms with E-state index < -0.39 is 5.41 Å². The summed E-state index contributed by atoms with van der Waals surface area (Å²) in [5.41, 5.74) is 1.64. The lowest BCUT2D eigenvalue weighted by molar-refractivity contribution is -0.153. The molecular weight excluding hydrogens is 1070 g/mol. The van der Waals surface area contributed by atoms with Crippen LogP contribution in [0.1, 0.15) is 23.6 Å². The minimum absolute atomic E-state index is 0.0243. The van der Waals surface area contributed by atoms with Crippen LogP contribution in [0.5, 0.6) is 17.2 Å². The summed E-state index contributed by atoms with van der Waals surface area (Å²) in [6.07, 6.45) is 0. The van der Waals surface area contributed by atoms with Crippen LogP contribution < -0.4 is 14.2 Å². The van der Waals surface area contributed by atoms with Gasteiger partial charge in [0.05, 0.1) is 90.0 Å². The predicted octanol–water partition coefficient (Wildman–Crippen LogP) is 5.62. The van der Waals surface area contributed by atoms with Crippen molar-refractivity contribution in [2.24, 2.45) is 16.2 Å². The van der Waals surface area contributed by atoms with Gasteiger partial charge in [0.15, 0.2) is 0 Å². The van der Waals surface area contributed by atoms with Crippen LogP contribution in [-0.2, 0) is 19.6 Å². The van der Waals surface area contributed by atoms with Gasteiger partial charge < -0.3 is 43.7 Å². The summed E-state index contributed by atoms with van der Waals surface area (Å²) in [7, 11) is 0. The normalized spacial score (nSPS) is 19.1. The van der Waals surface area contributed by atoms with Crippen molar-refractivity contribution in [2.45, 2.75) is 12.3 Å². The van der Waals surface area contributed by atoms with E-state index in [4.69, 9.17) is 28.4 Å². The molecule has 0 spiro atoms. The molecule has 0 atom stereocenters. The first-order chi connectivity index (χ1) is 23.0. The molecule has 0 aromatic heterocycles. The number of ether oxygens (including phenoxy) is 6. The standard InChI is InChI=1S/C35H38I4O9/c1-32(22-2-4-29(25(36)6-22)46-19-33(10-40)13-43-14-33,23-3-5-30(26(37)7-23)47-20-34(11-41)15-44-16-34)24-8-27(38)31(28(39)9-24)48-21-35(12-42)17-45-18-35/h2-9,40-42H,10-21H2,1H3. The fourth-order valence-corrected chi connectivity index (χ4v) is 9.29. The summed E-state index contributed by atoms with van der Waals surface area (Å²) in [5.74, 6) is 2.33. The van der Waals surface area contributed by atoms with Gasteiger partial charge >= 0.3 is 0 Å². The van der Waals surface area contributed by atoms with Gasteiger partial charge in [0.2, 0.25) is 0 Å². The van der Waals surface area contributed by atoms with Crippen LogP contribution >= 0.6 is 90.4 Å². The summed E-state index contributed by atoms with van der Waals surface area (Å²) in [6.45, 7) is 6.45. The monoisotopic (exact) mass is 1110 g/mol. The lowest BCUT2D eigenvalue weighted by Crippen LogP contribution is -2.50. The Morgan fingerprint density at radius 3 is 1.23 bits per heavy atom. The number of aliphatic hydroxyl groups is 3. The van der Waals surface area contributed by atoms with E-state index in [0.29, 0.717) is 59.5 Å². The van der Waals surface area contributed by atoms with Gasteiger partial charge in [-0.3, -0.25) is 0 Å². The number of hydrogen-bond donors (Lipinski definition) is 3. The van der Waals surface area contributed by atoms with Crippen molar-refractivity contribution < 1.29 is 43.7 Å². The van der Waals surface area contributed by atoms with Crippen molar-refractivity contribution in [1.82, 2.24) is 0 Å². The highest BCUT2D eigenvalue weighted by atomic mass is 127. The highest BCUT2D eigenvalue weighted by Gasteiger charge is 2.42. The molecule has 3 aromatic carbocycles. The maximum atomic E-state index is 9.93. The first-order valence-electron chi connectivity index (χ1n) is 15.5. The molecule has 13 heteroatoms. The molecule has 3 aliphatic rings. The number of aliphatic hydroxyl groups excluding tert-OH is 3. The van der Waals surface area contributed by atoms with Gasteiger partial charge in [0.25, 0.3) is 0 Å². The zero-order valence-corrected chi connectivity index (χ0v) is 35.0. The van der Waals surface area contributed by atoms with Crippen LogP contribution in [0.25, 0.3) is 0 Å². The number of halogens is 4. The predicted molar refractivity (Wildman–Crippen MR) is 213 cm³/mol. The van der Waals surface area contributed by atoms with E-state index in [1.54, 1.807) is 0 Å².